The lowest BCUT2D eigenvalue weighted by Gasteiger charge is -2.15. The van der Waals surface area contributed by atoms with Crippen LogP contribution in [0.2, 0.25) is 0 Å². The SMILES string of the molecule is O=C(Nc1ccc(C(=O)O)cc1)NN1C(=O)c2ccccc2C1=O. The van der Waals surface area contributed by atoms with Crippen molar-refractivity contribution in [3.63, 3.8) is 0 Å². The molecule has 0 saturated carbocycles. The van der Waals surface area contributed by atoms with Crippen LogP contribution in [0.15, 0.2) is 48.5 Å². The molecule has 0 saturated heterocycles. The van der Waals surface area contributed by atoms with E-state index in [1.807, 2.05) is 0 Å². The molecule has 0 spiro atoms. The Morgan fingerprint density at radius 1 is 0.875 bits per heavy atom. The minimum Gasteiger partial charge on any atom is -0.478 e. The van der Waals surface area contributed by atoms with Gasteiger partial charge in [0.2, 0.25) is 0 Å². The maximum absolute atomic E-state index is 12.1. The van der Waals surface area contributed by atoms with Crippen molar-refractivity contribution in [2.75, 3.05) is 5.32 Å². The Bertz CT molecular complexity index is 825. The summed E-state index contributed by atoms with van der Waals surface area (Å²) in [5.74, 6) is -2.32. The molecule has 0 aromatic heterocycles. The van der Waals surface area contributed by atoms with Gasteiger partial charge in [0.1, 0.15) is 0 Å². The van der Waals surface area contributed by atoms with Crippen molar-refractivity contribution < 1.29 is 24.3 Å². The summed E-state index contributed by atoms with van der Waals surface area (Å²) in [5.41, 5.74) is 3.00. The van der Waals surface area contributed by atoms with Gasteiger partial charge in [0.05, 0.1) is 16.7 Å². The summed E-state index contributed by atoms with van der Waals surface area (Å²) in [6, 6.07) is 10.9. The number of amides is 4. The standard InChI is InChI=1S/C16H11N3O5/c20-13-11-3-1-2-4-12(11)14(21)19(13)18-16(24)17-10-7-5-9(6-8-10)15(22)23/h1-8H,(H,22,23)(H2,17,18,24). The summed E-state index contributed by atoms with van der Waals surface area (Å²) in [6.07, 6.45) is 0. The van der Waals surface area contributed by atoms with Crippen molar-refractivity contribution in [3.05, 3.63) is 65.2 Å². The molecule has 8 heteroatoms. The molecule has 2 aromatic rings. The number of carbonyl (C=O) groups excluding carboxylic acids is 3. The second-order valence-electron chi connectivity index (χ2n) is 4.94. The number of hydrogen-bond acceptors (Lipinski definition) is 4. The van der Waals surface area contributed by atoms with Gasteiger partial charge in [0.15, 0.2) is 0 Å². The van der Waals surface area contributed by atoms with E-state index >= 15 is 0 Å². The van der Waals surface area contributed by atoms with Crippen LogP contribution in [0.25, 0.3) is 0 Å². The number of imide groups is 1. The molecule has 0 atom stereocenters. The number of carboxylic acids is 1. The predicted molar refractivity (Wildman–Crippen MR) is 82.5 cm³/mol. The van der Waals surface area contributed by atoms with Gasteiger partial charge in [-0.15, -0.1) is 0 Å². The van der Waals surface area contributed by atoms with E-state index in [9.17, 15) is 19.2 Å². The van der Waals surface area contributed by atoms with E-state index in [1.165, 1.54) is 36.4 Å². The van der Waals surface area contributed by atoms with Gasteiger partial charge in [-0.2, -0.15) is 5.01 Å². The van der Waals surface area contributed by atoms with Gasteiger partial charge in [-0.3, -0.25) is 9.59 Å². The lowest BCUT2D eigenvalue weighted by Crippen LogP contribution is -2.47. The van der Waals surface area contributed by atoms with Gasteiger partial charge in [0, 0.05) is 5.69 Å². The number of benzene rings is 2. The molecule has 24 heavy (non-hydrogen) atoms. The van der Waals surface area contributed by atoms with E-state index in [2.05, 4.69) is 10.7 Å². The van der Waals surface area contributed by atoms with Crippen molar-refractivity contribution >= 4 is 29.5 Å². The molecule has 0 bridgehead atoms. The van der Waals surface area contributed by atoms with E-state index < -0.39 is 23.8 Å². The van der Waals surface area contributed by atoms with Gasteiger partial charge < -0.3 is 10.4 Å². The fraction of sp³-hybridized carbons (Fsp3) is 0. The molecule has 0 aliphatic carbocycles. The summed E-state index contributed by atoms with van der Waals surface area (Å²) in [4.78, 5) is 46.9. The van der Waals surface area contributed by atoms with Gasteiger partial charge in [0.25, 0.3) is 11.8 Å². The van der Waals surface area contributed by atoms with E-state index in [0.29, 0.717) is 10.7 Å². The number of nitrogens with zero attached hydrogens (tertiary/aromatic N) is 1. The molecule has 0 fully saturated rings. The molecule has 0 unspecified atom stereocenters. The first-order chi connectivity index (χ1) is 11.5. The first kappa shape index (κ1) is 15.2. The molecular formula is C16H11N3O5. The minimum absolute atomic E-state index is 0.0707. The Morgan fingerprint density at radius 3 is 1.92 bits per heavy atom. The van der Waals surface area contributed by atoms with Crippen molar-refractivity contribution in [1.29, 1.82) is 0 Å². The quantitative estimate of drug-likeness (QED) is 0.743. The topological polar surface area (TPSA) is 116 Å². The maximum Gasteiger partial charge on any atom is 0.338 e. The highest BCUT2D eigenvalue weighted by Gasteiger charge is 2.36. The molecule has 0 radical (unpaired) electrons. The van der Waals surface area contributed by atoms with Gasteiger partial charge in [-0.25, -0.2) is 15.0 Å². The number of nitrogens with one attached hydrogen (secondary N) is 2. The lowest BCUT2D eigenvalue weighted by molar-refractivity contribution is 0.0591. The number of rotatable bonds is 3. The maximum atomic E-state index is 12.1. The van der Waals surface area contributed by atoms with Crippen LogP contribution >= 0.6 is 0 Å². The number of aromatic carboxylic acids is 1. The van der Waals surface area contributed by atoms with E-state index in [-0.39, 0.29) is 16.7 Å². The normalized spacial score (nSPS) is 12.8. The smallest absolute Gasteiger partial charge is 0.338 e. The summed E-state index contributed by atoms with van der Waals surface area (Å²) >= 11 is 0. The van der Waals surface area contributed by atoms with Crippen LogP contribution in [-0.4, -0.2) is 33.9 Å². The third-order valence-electron chi connectivity index (χ3n) is 3.40. The summed E-state index contributed by atoms with van der Waals surface area (Å²) in [7, 11) is 0. The van der Waals surface area contributed by atoms with Gasteiger partial charge in [-0.1, -0.05) is 12.1 Å². The van der Waals surface area contributed by atoms with Crippen molar-refractivity contribution in [1.82, 2.24) is 10.4 Å². The van der Waals surface area contributed by atoms with E-state index in [4.69, 9.17) is 5.11 Å². The van der Waals surface area contributed by atoms with Gasteiger partial charge >= 0.3 is 12.0 Å². The average Bonchev–Trinajstić information content (AvgIpc) is 2.81. The molecule has 120 valence electrons. The highest BCUT2D eigenvalue weighted by Crippen LogP contribution is 2.20. The molecule has 2 aromatic carbocycles. The molecular weight excluding hydrogens is 314 g/mol. The van der Waals surface area contributed by atoms with Crippen molar-refractivity contribution in [3.8, 4) is 0 Å². The van der Waals surface area contributed by atoms with Crippen LogP contribution in [0.5, 0.6) is 0 Å². The molecule has 3 rings (SSSR count). The highest BCUT2D eigenvalue weighted by atomic mass is 16.4. The van der Waals surface area contributed by atoms with Crippen molar-refractivity contribution in [2.24, 2.45) is 0 Å². The summed E-state index contributed by atoms with van der Waals surface area (Å²) in [6.45, 7) is 0. The molecule has 8 nitrogen and oxygen atoms in total. The monoisotopic (exact) mass is 325 g/mol. The third-order valence-corrected chi connectivity index (χ3v) is 3.40. The zero-order valence-electron chi connectivity index (χ0n) is 12.1. The van der Waals surface area contributed by atoms with Crippen molar-refractivity contribution in [2.45, 2.75) is 0 Å². The number of carbonyl (C=O) groups is 4. The third kappa shape index (κ3) is 2.68. The Balaban J connectivity index is 1.69. The molecule has 4 amide bonds. The number of hydrazine groups is 1. The Morgan fingerprint density at radius 2 is 1.42 bits per heavy atom. The van der Waals surface area contributed by atoms with Crippen LogP contribution in [-0.2, 0) is 0 Å². The predicted octanol–water partition coefficient (Wildman–Crippen LogP) is 1.72. The largest absolute Gasteiger partial charge is 0.478 e. The molecule has 1 aliphatic heterocycles. The Labute approximate surface area is 135 Å². The summed E-state index contributed by atoms with van der Waals surface area (Å²) < 4.78 is 0. The lowest BCUT2D eigenvalue weighted by atomic mass is 10.1. The van der Waals surface area contributed by atoms with Crippen LogP contribution in [0.1, 0.15) is 31.1 Å². The number of carboxylic acid groups (broad SMARTS) is 1. The summed E-state index contributed by atoms with van der Waals surface area (Å²) in [5, 5.41) is 11.9. The zero-order valence-corrected chi connectivity index (χ0v) is 12.1. The number of anilines is 1. The number of hydrogen-bond donors (Lipinski definition) is 3. The zero-order chi connectivity index (χ0) is 17.3. The minimum atomic E-state index is -1.09. The first-order valence-electron chi connectivity index (χ1n) is 6.86. The number of urea groups is 1. The Kier molecular flexibility index (Phi) is 3.70. The second-order valence-corrected chi connectivity index (χ2v) is 4.94. The second kappa shape index (κ2) is 5.84. The fourth-order valence-corrected chi connectivity index (χ4v) is 2.25. The first-order valence-corrected chi connectivity index (χ1v) is 6.86. The van der Waals surface area contributed by atoms with Crippen LogP contribution in [0.4, 0.5) is 10.5 Å². The molecule has 1 aliphatic rings. The van der Waals surface area contributed by atoms with Crippen LogP contribution in [0, 0.1) is 0 Å². The van der Waals surface area contributed by atoms with Gasteiger partial charge in [-0.05, 0) is 36.4 Å². The number of fused-ring (bicyclic) bond motifs is 1. The highest BCUT2D eigenvalue weighted by molar-refractivity contribution is 6.21. The van der Waals surface area contributed by atoms with Crippen LogP contribution < -0.4 is 10.7 Å². The Hall–Kier alpha value is -3.68. The van der Waals surface area contributed by atoms with Crippen LogP contribution in [0.3, 0.4) is 0 Å². The molecule has 3 N–H and O–H groups in total. The average molecular weight is 325 g/mol. The van der Waals surface area contributed by atoms with E-state index in [0.717, 1.165) is 0 Å². The molecule has 1 heterocycles. The fourth-order valence-electron chi connectivity index (χ4n) is 2.25. The van der Waals surface area contributed by atoms with E-state index in [1.54, 1.807) is 12.1 Å².